The molecular formula is C10H16N2O3S. The SMILES string of the molecule is Cc1ncsc1CN(C)CC(C)(O)C(=O)O. The first-order chi connectivity index (χ1) is 7.33. The molecule has 0 aliphatic carbocycles. The molecule has 1 unspecified atom stereocenters. The average molecular weight is 244 g/mol. The Hall–Kier alpha value is -0.980. The lowest BCUT2D eigenvalue weighted by atomic mass is 10.1. The van der Waals surface area contributed by atoms with Crippen molar-refractivity contribution in [2.75, 3.05) is 13.6 Å². The summed E-state index contributed by atoms with van der Waals surface area (Å²) in [4.78, 5) is 17.7. The van der Waals surface area contributed by atoms with Crippen LogP contribution < -0.4 is 0 Å². The van der Waals surface area contributed by atoms with Crippen molar-refractivity contribution in [2.45, 2.75) is 26.0 Å². The molecule has 5 nitrogen and oxygen atoms in total. The van der Waals surface area contributed by atoms with E-state index in [2.05, 4.69) is 4.98 Å². The van der Waals surface area contributed by atoms with E-state index in [1.807, 2.05) is 6.92 Å². The number of carboxylic acids is 1. The standard InChI is InChI=1S/C10H16N2O3S/c1-7-8(16-6-11-7)4-12(3)5-10(2,15)9(13)14/h6,15H,4-5H2,1-3H3,(H,13,14). The van der Waals surface area contributed by atoms with Crippen LogP contribution in [0.4, 0.5) is 0 Å². The number of carboxylic acid groups (broad SMARTS) is 1. The van der Waals surface area contributed by atoms with E-state index in [1.165, 1.54) is 18.3 Å². The highest BCUT2D eigenvalue weighted by molar-refractivity contribution is 7.09. The lowest BCUT2D eigenvalue weighted by Gasteiger charge is -2.24. The number of thiazole rings is 1. The van der Waals surface area contributed by atoms with Crippen molar-refractivity contribution in [3.05, 3.63) is 16.1 Å². The van der Waals surface area contributed by atoms with Gasteiger partial charge in [0, 0.05) is 18.0 Å². The second kappa shape index (κ2) is 4.90. The maximum Gasteiger partial charge on any atom is 0.336 e. The number of hydrogen-bond acceptors (Lipinski definition) is 5. The fraction of sp³-hybridized carbons (Fsp3) is 0.600. The summed E-state index contributed by atoms with van der Waals surface area (Å²) >= 11 is 1.53. The predicted octanol–water partition coefficient (Wildman–Crippen LogP) is 0.719. The molecule has 0 saturated heterocycles. The van der Waals surface area contributed by atoms with Gasteiger partial charge >= 0.3 is 5.97 Å². The smallest absolute Gasteiger partial charge is 0.336 e. The van der Waals surface area contributed by atoms with Crippen LogP contribution in [0, 0.1) is 6.92 Å². The summed E-state index contributed by atoms with van der Waals surface area (Å²) in [6, 6.07) is 0. The van der Waals surface area contributed by atoms with Crippen LogP contribution in [0.25, 0.3) is 0 Å². The Morgan fingerprint density at radius 2 is 2.31 bits per heavy atom. The molecule has 1 rings (SSSR count). The molecule has 1 aromatic heterocycles. The summed E-state index contributed by atoms with van der Waals surface area (Å²) < 4.78 is 0. The minimum atomic E-state index is -1.71. The molecule has 16 heavy (non-hydrogen) atoms. The van der Waals surface area contributed by atoms with Crippen molar-refractivity contribution in [2.24, 2.45) is 0 Å². The third kappa shape index (κ3) is 3.26. The quantitative estimate of drug-likeness (QED) is 0.798. The third-order valence-electron chi connectivity index (χ3n) is 2.30. The highest BCUT2D eigenvalue weighted by Gasteiger charge is 2.31. The van der Waals surface area contributed by atoms with Gasteiger partial charge in [-0.05, 0) is 20.9 Å². The van der Waals surface area contributed by atoms with Crippen molar-refractivity contribution in [1.29, 1.82) is 0 Å². The minimum Gasteiger partial charge on any atom is -0.479 e. The number of likely N-dealkylation sites (N-methyl/N-ethyl adjacent to an activating group) is 1. The Bertz CT molecular complexity index is 376. The fourth-order valence-electron chi connectivity index (χ4n) is 1.37. The molecule has 1 heterocycles. The summed E-state index contributed by atoms with van der Waals surface area (Å²) in [6.07, 6.45) is 0. The second-order valence-electron chi connectivity index (χ2n) is 4.11. The zero-order chi connectivity index (χ0) is 12.3. The Balaban J connectivity index is 2.58. The van der Waals surface area contributed by atoms with Crippen molar-refractivity contribution < 1.29 is 15.0 Å². The number of aliphatic carboxylic acids is 1. The molecule has 0 aliphatic heterocycles. The number of aromatic nitrogens is 1. The van der Waals surface area contributed by atoms with Crippen LogP contribution in [0.15, 0.2) is 5.51 Å². The third-order valence-corrected chi connectivity index (χ3v) is 3.22. The highest BCUT2D eigenvalue weighted by atomic mass is 32.1. The zero-order valence-corrected chi connectivity index (χ0v) is 10.4. The van der Waals surface area contributed by atoms with E-state index in [4.69, 9.17) is 5.11 Å². The van der Waals surface area contributed by atoms with Gasteiger partial charge in [-0.15, -0.1) is 11.3 Å². The zero-order valence-electron chi connectivity index (χ0n) is 9.60. The van der Waals surface area contributed by atoms with Crippen LogP contribution >= 0.6 is 11.3 Å². The molecule has 90 valence electrons. The van der Waals surface area contributed by atoms with Crippen LogP contribution in [0.3, 0.4) is 0 Å². The van der Waals surface area contributed by atoms with Crippen LogP contribution in [-0.2, 0) is 11.3 Å². The lowest BCUT2D eigenvalue weighted by molar-refractivity contribution is -0.158. The van der Waals surface area contributed by atoms with Gasteiger partial charge in [0.1, 0.15) is 0 Å². The molecular weight excluding hydrogens is 228 g/mol. The molecule has 0 aromatic carbocycles. The first kappa shape index (κ1) is 13.1. The number of rotatable bonds is 5. The van der Waals surface area contributed by atoms with E-state index < -0.39 is 11.6 Å². The van der Waals surface area contributed by atoms with E-state index in [0.717, 1.165) is 10.6 Å². The summed E-state index contributed by atoms with van der Waals surface area (Å²) in [5.41, 5.74) is 0.994. The van der Waals surface area contributed by atoms with Gasteiger partial charge in [-0.25, -0.2) is 9.78 Å². The van der Waals surface area contributed by atoms with Gasteiger partial charge in [-0.2, -0.15) is 0 Å². The molecule has 0 spiro atoms. The Kier molecular flexibility index (Phi) is 4.01. The van der Waals surface area contributed by atoms with Gasteiger partial charge in [0.25, 0.3) is 0 Å². The second-order valence-corrected chi connectivity index (χ2v) is 5.05. The summed E-state index contributed by atoms with van der Waals surface area (Å²) in [5, 5.41) is 18.4. The number of hydrogen-bond donors (Lipinski definition) is 2. The maximum atomic E-state index is 10.7. The van der Waals surface area contributed by atoms with Gasteiger partial charge in [0.15, 0.2) is 5.60 Å². The maximum absolute atomic E-state index is 10.7. The molecule has 1 aromatic rings. The topological polar surface area (TPSA) is 73.7 Å². The van der Waals surface area contributed by atoms with Crippen LogP contribution in [0.1, 0.15) is 17.5 Å². The summed E-state index contributed by atoms with van der Waals surface area (Å²) in [6.45, 7) is 3.89. The molecule has 0 amide bonds. The molecule has 6 heteroatoms. The fourth-order valence-corrected chi connectivity index (χ4v) is 2.23. The van der Waals surface area contributed by atoms with Gasteiger partial charge in [-0.3, -0.25) is 4.90 Å². The number of aliphatic hydroxyl groups is 1. The van der Waals surface area contributed by atoms with Crippen LogP contribution in [0.2, 0.25) is 0 Å². The summed E-state index contributed by atoms with van der Waals surface area (Å²) in [7, 11) is 1.77. The van der Waals surface area contributed by atoms with E-state index in [-0.39, 0.29) is 6.54 Å². The average Bonchev–Trinajstić information content (AvgIpc) is 2.50. The Morgan fingerprint density at radius 3 is 2.75 bits per heavy atom. The molecule has 0 bridgehead atoms. The van der Waals surface area contributed by atoms with Crippen molar-refractivity contribution in [3.8, 4) is 0 Å². The number of aryl methyl sites for hydroxylation is 1. The molecule has 0 aliphatic rings. The minimum absolute atomic E-state index is 0.0830. The van der Waals surface area contributed by atoms with E-state index >= 15 is 0 Å². The van der Waals surface area contributed by atoms with E-state index in [9.17, 15) is 9.90 Å². The molecule has 0 radical (unpaired) electrons. The van der Waals surface area contributed by atoms with Crippen molar-refractivity contribution >= 4 is 17.3 Å². The van der Waals surface area contributed by atoms with Gasteiger partial charge in [0.05, 0.1) is 11.2 Å². The summed E-state index contributed by atoms with van der Waals surface area (Å²) in [5.74, 6) is -1.21. The van der Waals surface area contributed by atoms with Gasteiger partial charge in [-0.1, -0.05) is 0 Å². The predicted molar refractivity (Wildman–Crippen MR) is 61.4 cm³/mol. The molecule has 1 atom stereocenters. The molecule has 0 fully saturated rings. The monoisotopic (exact) mass is 244 g/mol. The molecule has 0 saturated carbocycles. The lowest BCUT2D eigenvalue weighted by Crippen LogP contribution is -2.45. The first-order valence-corrected chi connectivity index (χ1v) is 5.74. The largest absolute Gasteiger partial charge is 0.479 e. The van der Waals surface area contributed by atoms with Crippen molar-refractivity contribution in [3.63, 3.8) is 0 Å². The normalized spacial score (nSPS) is 15.1. The first-order valence-electron chi connectivity index (χ1n) is 4.86. The van der Waals surface area contributed by atoms with E-state index in [1.54, 1.807) is 17.5 Å². The number of carbonyl (C=O) groups is 1. The molecule has 2 N–H and O–H groups in total. The van der Waals surface area contributed by atoms with Crippen molar-refractivity contribution in [1.82, 2.24) is 9.88 Å². The Morgan fingerprint density at radius 1 is 1.69 bits per heavy atom. The van der Waals surface area contributed by atoms with Crippen LogP contribution in [-0.4, -0.2) is 45.3 Å². The van der Waals surface area contributed by atoms with Gasteiger partial charge < -0.3 is 10.2 Å². The number of nitrogens with zero attached hydrogens (tertiary/aromatic N) is 2. The van der Waals surface area contributed by atoms with Crippen LogP contribution in [0.5, 0.6) is 0 Å². The van der Waals surface area contributed by atoms with Gasteiger partial charge in [0.2, 0.25) is 0 Å². The Labute approximate surface area is 98.4 Å². The van der Waals surface area contributed by atoms with E-state index in [0.29, 0.717) is 6.54 Å². The highest BCUT2D eigenvalue weighted by Crippen LogP contribution is 2.15.